The van der Waals surface area contributed by atoms with Gasteiger partial charge in [-0.2, -0.15) is 0 Å². The number of carbonyl (C=O) groups is 1. The number of esters is 1. The number of hydrogen-bond acceptors (Lipinski definition) is 6. The molecule has 0 atom stereocenters. The van der Waals surface area contributed by atoms with Crippen molar-refractivity contribution in [1.82, 2.24) is 4.57 Å². The molecule has 2 heterocycles. The Morgan fingerprint density at radius 3 is 2.68 bits per heavy atom. The first-order valence-corrected chi connectivity index (χ1v) is 9.90. The molecule has 0 radical (unpaired) electrons. The van der Waals surface area contributed by atoms with Gasteiger partial charge in [-0.15, -0.1) is 11.3 Å². The maximum atomic E-state index is 12.4. The van der Waals surface area contributed by atoms with E-state index < -0.39 is 5.97 Å². The van der Waals surface area contributed by atoms with Gasteiger partial charge in [-0.1, -0.05) is 36.4 Å². The van der Waals surface area contributed by atoms with E-state index in [0.717, 1.165) is 11.3 Å². The molecular formula is C21H16N2O3S2. The third-order valence-corrected chi connectivity index (χ3v) is 5.56. The molecule has 1 aliphatic rings. The first-order valence-electron chi connectivity index (χ1n) is 8.67. The van der Waals surface area contributed by atoms with Crippen molar-refractivity contribution in [3.05, 3.63) is 69.0 Å². The molecule has 0 saturated carbocycles. The monoisotopic (exact) mass is 408 g/mol. The SMILES string of the molecule is CCOC(=O)C1=Nc2ccccc2/C1=C\c1sc(=S)n(-c2ccccc2)c1O. The fraction of sp³-hybridized carbons (Fsp3) is 0.0952. The van der Waals surface area contributed by atoms with Gasteiger partial charge in [0.05, 0.1) is 22.9 Å². The zero-order valence-corrected chi connectivity index (χ0v) is 16.6. The van der Waals surface area contributed by atoms with Crippen LogP contribution in [-0.4, -0.2) is 28.0 Å². The Hall–Kier alpha value is -3.03. The fourth-order valence-electron chi connectivity index (χ4n) is 3.02. The summed E-state index contributed by atoms with van der Waals surface area (Å²) < 4.78 is 7.27. The fourth-order valence-corrected chi connectivity index (χ4v) is 4.31. The molecule has 0 unspecified atom stereocenters. The van der Waals surface area contributed by atoms with Gasteiger partial charge < -0.3 is 9.84 Å². The number of aromatic hydroxyl groups is 1. The Morgan fingerprint density at radius 2 is 1.93 bits per heavy atom. The Balaban J connectivity index is 1.85. The molecule has 7 heteroatoms. The first kappa shape index (κ1) is 18.3. The highest BCUT2D eigenvalue weighted by atomic mass is 32.1. The molecule has 1 N–H and O–H groups in total. The van der Waals surface area contributed by atoms with Crippen LogP contribution in [0.4, 0.5) is 5.69 Å². The van der Waals surface area contributed by atoms with Crippen molar-refractivity contribution in [2.75, 3.05) is 6.61 Å². The molecule has 0 bridgehead atoms. The van der Waals surface area contributed by atoms with E-state index in [0.29, 0.717) is 20.1 Å². The molecule has 3 aromatic rings. The molecule has 0 saturated heterocycles. The predicted octanol–water partition coefficient (Wildman–Crippen LogP) is 5.16. The van der Waals surface area contributed by atoms with Crippen LogP contribution in [0.2, 0.25) is 0 Å². The molecule has 0 amide bonds. The number of hydrogen-bond donors (Lipinski definition) is 1. The van der Waals surface area contributed by atoms with Crippen LogP contribution in [0.3, 0.4) is 0 Å². The highest BCUT2D eigenvalue weighted by molar-refractivity contribution is 7.73. The maximum absolute atomic E-state index is 12.4. The van der Waals surface area contributed by atoms with Gasteiger partial charge in [0.1, 0.15) is 0 Å². The van der Waals surface area contributed by atoms with Crippen LogP contribution >= 0.6 is 23.6 Å². The Kier molecular flexibility index (Phi) is 4.93. The maximum Gasteiger partial charge on any atom is 0.357 e. The van der Waals surface area contributed by atoms with Gasteiger partial charge in [0.25, 0.3) is 0 Å². The van der Waals surface area contributed by atoms with Gasteiger partial charge >= 0.3 is 5.97 Å². The van der Waals surface area contributed by atoms with Crippen LogP contribution in [0.15, 0.2) is 59.6 Å². The second-order valence-corrected chi connectivity index (χ2v) is 7.66. The second kappa shape index (κ2) is 7.53. The summed E-state index contributed by atoms with van der Waals surface area (Å²) in [7, 11) is 0. The van der Waals surface area contributed by atoms with E-state index in [-0.39, 0.29) is 18.2 Å². The van der Waals surface area contributed by atoms with Crippen LogP contribution in [0.1, 0.15) is 17.4 Å². The number of fused-ring (bicyclic) bond motifs is 1. The predicted molar refractivity (Wildman–Crippen MR) is 114 cm³/mol. The zero-order chi connectivity index (χ0) is 19.7. The number of thiazole rings is 1. The lowest BCUT2D eigenvalue weighted by atomic mass is 10.0. The van der Waals surface area contributed by atoms with E-state index in [9.17, 15) is 9.90 Å². The van der Waals surface area contributed by atoms with Crippen LogP contribution in [0.5, 0.6) is 5.88 Å². The number of benzene rings is 2. The minimum Gasteiger partial charge on any atom is -0.493 e. The molecule has 0 aliphatic carbocycles. The van der Waals surface area contributed by atoms with Gasteiger partial charge in [0, 0.05) is 11.1 Å². The second-order valence-electron chi connectivity index (χ2n) is 5.98. The van der Waals surface area contributed by atoms with Crippen molar-refractivity contribution in [3.8, 4) is 11.6 Å². The first-order chi connectivity index (χ1) is 13.6. The topological polar surface area (TPSA) is 63.8 Å². The number of rotatable bonds is 4. The van der Waals surface area contributed by atoms with Crippen molar-refractivity contribution < 1.29 is 14.6 Å². The number of ether oxygens (including phenoxy) is 1. The van der Waals surface area contributed by atoms with Crippen molar-refractivity contribution >= 4 is 52.6 Å². The number of nitrogens with zero attached hydrogens (tertiary/aromatic N) is 2. The number of aliphatic imine (C=N–C) groups is 1. The van der Waals surface area contributed by atoms with Crippen LogP contribution in [0.25, 0.3) is 17.3 Å². The molecule has 1 aliphatic heterocycles. The summed E-state index contributed by atoms with van der Waals surface area (Å²) >= 11 is 6.72. The smallest absolute Gasteiger partial charge is 0.357 e. The van der Waals surface area contributed by atoms with Crippen molar-refractivity contribution in [2.45, 2.75) is 6.92 Å². The Labute approximate surface area is 170 Å². The van der Waals surface area contributed by atoms with E-state index in [1.165, 1.54) is 11.3 Å². The lowest BCUT2D eigenvalue weighted by Gasteiger charge is -2.06. The lowest BCUT2D eigenvalue weighted by molar-refractivity contribution is -0.134. The van der Waals surface area contributed by atoms with Crippen LogP contribution < -0.4 is 0 Å². The van der Waals surface area contributed by atoms with Gasteiger partial charge in [-0.3, -0.25) is 4.57 Å². The summed E-state index contributed by atoms with van der Waals surface area (Å²) in [5, 5.41) is 10.8. The third-order valence-electron chi connectivity index (χ3n) is 4.25. The molecule has 0 fully saturated rings. The zero-order valence-electron chi connectivity index (χ0n) is 15.0. The van der Waals surface area contributed by atoms with Gasteiger partial charge in [-0.05, 0) is 43.4 Å². The summed E-state index contributed by atoms with van der Waals surface area (Å²) in [6.07, 6.45) is 1.75. The van der Waals surface area contributed by atoms with Gasteiger partial charge in [0.2, 0.25) is 5.88 Å². The highest BCUT2D eigenvalue weighted by Crippen LogP contribution is 2.39. The summed E-state index contributed by atoms with van der Waals surface area (Å²) in [6, 6.07) is 16.9. The summed E-state index contributed by atoms with van der Waals surface area (Å²) in [5.74, 6) is -0.461. The highest BCUT2D eigenvalue weighted by Gasteiger charge is 2.28. The Bertz CT molecular complexity index is 1170. The third kappa shape index (κ3) is 3.19. The lowest BCUT2D eigenvalue weighted by Crippen LogP contribution is -2.16. The summed E-state index contributed by atoms with van der Waals surface area (Å²) in [4.78, 5) is 17.4. The minimum absolute atomic E-state index is 0.0290. The molecule has 1 aromatic heterocycles. The quantitative estimate of drug-likeness (QED) is 0.478. The Morgan fingerprint density at radius 1 is 1.21 bits per heavy atom. The van der Waals surface area contributed by atoms with Gasteiger partial charge in [-0.25, -0.2) is 9.79 Å². The van der Waals surface area contributed by atoms with Crippen LogP contribution in [-0.2, 0) is 9.53 Å². The molecule has 2 aromatic carbocycles. The normalized spacial score (nSPS) is 14.0. The van der Waals surface area contributed by atoms with E-state index in [2.05, 4.69) is 4.99 Å². The minimum atomic E-state index is -0.490. The molecule has 140 valence electrons. The van der Waals surface area contributed by atoms with Crippen molar-refractivity contribution in [3.63, 3.8) is 0 Å². The average Bonchev–Trinajstić information content (AvgIpc) is 3.20. The largest absolute Gasteiger partial charge is 0.493 e. The van der Waals surface area contributed by atoms with E-state index in [4.69, 9.17) is 17.0 Å². The molecule has 5 nitrogen and oxygen atoms in total. The molecule has 28 heavy (non-hydrogen) atoms. The van der Waals surface area contributed by atoms with Crippen molar-refractivity contribution in [2.24, 2.45) is 4.99 Å². The number of aromatic nitrogens is 1. The number of carbonyl (C=O) groups excluding carboxylic acids is 1. The van der Waals surface area contributed by atoms with Gasteiger partial charge in [0.15, 0.2) is 9.67 Å². The van der Waals surface area contributed by atoms with E-state index in [1.54, 1.807) is 17.6 Å². The summed E-state index contributed by atoms with van der Waals surface area (Å²) in [6.45, 7) is 2.01. The molecule has 0 spiro atoms. The van der Waals surface area contributed by atoms with E-state index >= 15 is 0 Å². The standard InChI is InChI=1S/C21H16N2O3S2/c1-2-26-20(25)18-15(14-10-6-7-11-16(14)22-18)12-17-19(24)23(21(27)28-17)13-8-4-3-5-9-13/h3-12,24H,2H2,1H3/b15-12+. The average molecular weight is 409 g/mol. The van der Waals surface area contributed by atoms with Crippen LogP contribution in [0, 0.1) is 3.95 Å². The van der Waals surface area contributed by atoms with E-state index in [1.807, 2.05) is 54.6 Å². The van der Waals surface area contributed by atoms with Crippen molar-refractivity contribution in [1.29, 1.82) is 0 Å². The molecular weight excluding hydrogens is 392 g/mol. The summed E-state index contributed by atoms with van der Waals surface area (Å²) in [5.41, 5.74) is 3.13. The molecule has 4 rings (SSSR count). The number of para-hydroxylation sites is 2.